The van der Waals surface area contributed by atoms with Gasteiger partial charge in [0.2, 0.25) is 0 Å². The molecule has 35 heavy (non-hydrogen) atoms. The van der Waals surface area contributed by atoms with E-state index >= 15 is 0 Å². The maximum Gasteiger partial charge on any atom is 0.416 e. The minimum absolute atomic E-state index is 0.0877. The topological polar surface area (TPSA) is 64.9 Å². The van der Waals surface area contributed by atoms with E-state index in [1.54, 1.807) is 36.2 Å². The number of nitrogens with zero attached hydrogens (tertiary/aromatic N) is 2. The van der Waals surface area contributed by atoms with Crippen molar-refractivity contribution < 1.29 is 23.1 Å². The van der Waals surface area contributed by atoms with E-state index in [1.165, 1.54) is 6.07 Å². The van der Waals surface area contributed by atoms with Crippen LogP contribution in [0, 0.1) is 13.8 Å². The summed E-state index contributed by atoms with van der Waals surface area (Å²) in [5.74, 6) is -0.138. The number of benzene rings is 3. The molecule has 3 aromatic rings. The molecule has 1 aliphatic rings. The van der Waals surface area contributed by atoms with E-state index in [-0.39, 0.29) is 12.4 Å². The van der Waals surface area contributed by atoms with Gasteiger partial charge in [0.1, 0.15) is 0 Å². The summed E-state index contributed by atoms with van der Waals surface area (Å²) >= 11 is -0.516. The second-order valence-corrected chi connectivity index (χ2v) is 10.4. The minimum atomic E-state index is -4.42. The number of carbonyl (C=O) groups is 1. The van der Waals surface area contributed by atoms with E-state index in [1.807, 2.05) is 31.3 Å². The molecule has 0 saturated carbocycles. The van der Waals surface area contributed by atoms with Crippen LogP contribution in [-0.2, 0) is 6.18 Å². The van der Waals surface area contributed by atoms with Gasteiger partial charge in [0.05, 0.1) is 32.3 Å². The average Bonchev–Trinajstić information content (AvgIpc) is 3.28. The van der Waals surface area contributed by atoms with E-state index < -0.39 is 32.8 Å². The Labute approximate surface area is 211 Å². The summed E-state index contributed by atoms with van der Waals surface area (Å²) in [5.41, 5.74) is 3.57. The quantitative estimate of drug-likeness (QED) is 0.221. The SMILES string of the molecule is Cc1cc(Nc2cccc(C(F)(F)F)c2)ccc1C(=O)c1cc(N2C=C(CCO)I=N2)ccc1C. The summed E-state index contributed by atoms with van der Waals surface area (Å²) in [6.45, 7) is 3.76. The molecular formula is C26H23F3IN3O2. The number of alkyl halides is 3. The van der Waals surface area contributed by atoms with Crippen LogP contribution in [0.3, 0.4) is 0 Å². The second-order valence-electron chi connectivity index (χ2n) is 8.12. The van der Waals surface area contributed by atoms with Gasteiger partial charge in [-0.15, -0.1) is 3.25 Å². The maximum absolute atomic E-state index is 13.4. The number of nitrogens with one attached hydrogen (secondary N) is 1. The van der Waals surface area contributed by atoms with E-state index in [2.05, 4.69) is 8.57 Å². The molecule has 1 aliphatic heterocycles. The van der Waals surface area contributed by atoms with Crippen molar-refractivity contribution in [1.29, 1.82) is 0 Å². The molecule has 0 spiro atoms. The lowest BCUT2D eigenvalue weighted by molar-refractivity contribution is -0.137. The Morgan fingerprint density at radius 1 is 1.00 bits per heavy atom. The predicted octanol–water partition coefficient (Wildman–Crippen LogP) is 7.41. The fourth-order valence-corrected chi connectivity index (χ4v) is 5.43. The van der Waals surface area contributed by atoms with Gasteiger partial charge in [0.25, 0.3) is 0 Å². The molecule has 5 nitrogen and oxygen atoms in total. The molecule has 4 rings (SSSR count). The van der Waals surface area contributed by atoms with E-state index in [9.17, 15) is 18.0 Å². The zero-order valence-corrected chi connectivity index (χ0v) is 21.2. The standard InChI is InChI=1S/C26H23F3IN3O2/c1-16-6-8-22(33-15-19(10-11-34)30-32-33)14-24(16)25(35)23-9-7-21(12-17(23)2)31-20-5-3-4-18(13-20)26(27,28)29/h3-9,12-15,31,34H,10-11H2,1-2H3. The Morgan fingerprint density at radius 3 is 2.49 bits per heavy atom. The highest BCUT2D eigenvalue weighted by molar-refractivity contribution is 14.2. The number of aliphatic hydroxyl groups excluding tert-OH is 1. The lowest BCUT2D eigenvalue weighted by atomic mass is 9.95. The van der Waals surface area contributed by atoms with E-state index in [4.69, 9.17) is 5.11 Å². The van der Waals surface area contributed by atoms with Crippen molar-refractivity contribution in [2.75, 3.05) is 16.9 Å². The predicted molar refractivity (Wildman–Crippen MR) is 139 cm³/mol. The largest absolute Gasteiger partial charge is 0.416 e. The van der Waals surface area contributed by atoms with E-state index in [0.717, 1.165) is 27.0 Å². The smallest absolute Gasteiger partial charge is 0.396 e. The van der Waals surface area contributed by atoms with Crippen molar-refractivity contribution in [3.05, 3.63) is 98.3 Å². The molecule has 0 atom stereocenters. The zero-order valence-electron chi connectivity index (χ0n) is 19.0. The molecule has 2 N–H and O–H groups in total. The Balaban J connectivity index is 1.57. The van der Waals surface area contributed by atoms with Crippen molar-refractivity contribution in [3.8, 4) is 0 Å². The van der Waals surface area contributed by atoms with Crippen molar-refractivity contribution >= 4 is 43.9 Å². The lowest BCUT2D eigenvalue weighted by Crippen LogP contribution is -2.09. The molecule has 0 aromatic heterocycles. The van der Waals surface area contributed by atoms with Crippen LogP contribution in [-0.4, -0.2) is 17.5 Å². The monoisotopic (exact) mass is 593 g/mol. The molecule has 3 aromatic carbocycles. The molecule has 182 valence electrons. The van der Waals surface area contributed by atoms with Crippen LogP contribution in [0.15, 0.2) is 73.7 Å². The van der Waals surface area contributed by atoms with Crippen LogP contribution in [0.2, 0.25) is 0 Å². The molecule has 0 unspecified atom stereocenters. The minimum Gasteiger partial charge on any atom is -0.396 e. The number of aliphatic hydroxyl groups is 1. The number of hydrogen-bond acceptors (Lipinski definition) is 5. The van der Waals surface area contributed by atoms with Gasteiger partial charge in [-0.25, -0.2) is 5.01 Å². The van der Waals surface area contributed by atoms with Gasteiger partial charge in [0, 0.05) is 45.3 Å². The first-order chi connectivity index (χ1) is 16.7. The second kappa shape index (κ2) is 10.3. The van der Waals surface area contributed by atoms with E-state index in [0.29, 0.717) is 34.5 Å². The molecule has 0 aliphatic carbocycles. The summed E-state index contributed by atoms with van der Waals surface area (Å²) < 4.78 is 44.7. The number of rotatable bonds is 7. The van der Waals surface area contributed by atoms with Crippen LogP contribution in [0.1, 0.15) is 39.0 Å². The van der Waals surface area contributed by atoms with Crippen molar-refractivity contribution in [2.45, 2.75) is 26.4 Å². The fourth-order valence-electron chi connectivity index (χ4n) is 3.68. The molecule has 0 amide bonds. The number of halogens is 4. The average molecular weight is 593 g/mol. The third-order valence-corrected chi connectivity index (χ3v) is 7.64. The molecule has 0 fully saturated rings. The van der Waals surface area contributed by atoms with Gasteiger partial charge in [-0.05, 0) is 73.5 Å². The van der Waals surface area contributed by atoms with Crippen molar-refractivity contribution in [1.82, 2.24) is 0 Å². The summed E-state index contributed by atoms with van der Waals surface area (Å²) in [7, 11) is 0. The first-order valence-electron chi connectivity index (χ1n) is 10.8. The molecule has 0 saturated heterocycles. The lowest BCUT2D eigenvalue weighted by Gasteiger charge is -2.15. The third kappa shape index (κ3) is 5.79. The van der Waals surface area contributed by atoms with Gasteiger partial charge in [-0.1, -0.05) is 12.1 Å². The van der Waals surface area contributed by atoms with Crippen LogP contribution < -0.4 is 10.3 Å². The zero-order chi connectivity index (χ0) is 25.2. The Hall–Kier alpha value is -3.05. The highest BCUT2D eigenvalue weighted by Crippen LogP contribution is 2.34. The molecule has 1 heterocycles. The number of hydrogen-bond donors (Lipinski definition) is 2. The third-order valence-electron chi connectivity index (χ3n) is 5.52. The van der Waals surface area contributed by atoms with Crippen LogP contribution in [0.4, 0.5) is 30.2 Å². The first-order valence-corrected chi connectivity index (χ1v) is 12.9. The van der Waals surface area contributed by atoms with Gasteiger partial charge >= 0.3 is 6.18 Å². The number of carbonyl (C=O) groups excluding carboxylic acids is 1. The summed E-state index contributed by atoms with van der Waals surface area (Å²) in [4.78, 5) is 13.4. The van der Waals surface area contributed by atoms with Gasteiger partial charge in [-0.3, -0.25) is 4.79 Å². The molecule has 0 radical (unpaired) electrons. The van der Waals surface area contributed by atoms with Crippen molar-refractivity contribution in [3.63, 3.8) is 0 Å². The number of anilines is 3. The highest BCUT2D eigenvalue weighted by atomic mass is 127. The summed E-state index contributed by atoms with van der Waals surface area (Å²) in [6.07, 6.45) is -1.90. The van der Waals surface area contributed by atoms with Crippen molar-refractivity contribution in [2.24, 2.45) is 3.25 Å². The van der Waals surface area contributed by atoms with Crippen LogP contribution in [0.25, 0.3) is 0 Å². The molecular weight excluding hydrogens is 570 g/mol. The molecule has 9 heteroatoms. The van der Waals surface area contributed by atoms with Gasteiger partial charge < -0.3 is 10.4 Å². The van der Waals surface area contributed by atoms with Gasteiger partial charge in [0.15, 0.2) is 5.78 Å². The van der Waals surface area contributed by atoms with Crippen LogP contribution >= 0.6 is 21.0 Å². The normalized spacial score (nSPS) is 13.4. The summed E-state index contributed by atoms with van der Waals surface area (Å²) in [5, 5.41) is 13.9. The highest BCUT2D eigenvalue weighted by Gasteiger charge is 2.30. The number of ketones is 1. The fraction of sp³-hybridized carbons (Fsp3) is 0.192. The Kier molecular flexibility index (Phi) is 7.36. The number of aryl methyl sites for hydroxylation is 2. The maximum atomic E-state index is 13.4. The first kappa shape index (κ1) is 25.1. The summed E-state index contributed by atoms with van der Waals surface area (Å²) in [6, 6.07) is 15.7. The van der Waals surface area contributed by atoms with Gasteiger partial charge in [-0.2, -0.15) is 13.2 Å². The Morgan fingerprint density at radius 2 is 1.77 bits per heavy atom. The Bertz CT molecular complexity index is 1340. The van der Waals surface area contributed by atoms with Crippen LogP contribution in [0.5, 0.6) is 0 Å². The molecule has 0 bridgehead atoms.